The maximum atomic E-state index is 12.3. The molecule has 1 aliphatic heterocycles. The van der Waals surface area contributed by atoms with E-state index >= 15 is 0 Å². The summed E-state index contributed by atoms with van der Waals surface area (Å²) in [5, 5.41) is 0. The summed E-state index contributed by atoms with van der Waals surface area (Å²) in [7, 11) is 0. The van der Waals surface area contributed by atoms with Gasteiger partial charge in [0, 0.05) is 31.7 Å². The first-order valence-electron chi connectivity index (χ1n) is 7.03. The van der Waals surface area contributed by atoms with E-state index in [4.69, 9.17) is 5.73 Å². The van der Waals surface area contributed by atoms with E-state index in [-0.39, 0.29) is 24.2 Å². The number of rotatable bonds is 2. The highest BCUT2D eigenvalue weighted by Gasteiger charge is 2.48. The molecule has 21 heavy (non-hydrogen) atoms. The van der Waals surface area contributed by atoms with Crippen molar-refractivity contribution in [3.8, 4) is 0 Å². The Morgan fingerprint density at radius 3 is 2.00 bits per heavy atom. The third-order valence-electron chi connectivity index (χ3n) is 4.09. The summed E-state index contributed by atoms with van der Waals surface area (Å²) in [5.41, 5.74) is 6.03. The van der Waals surface area contributed by atoms with Gasteiger partial charge in [-0.2, -0.15) is 0 Å². The zero-order valence-electron chi connectivity index (χ0n) is 11.8. The summed E-state index contributed by atoms with van der Waals surface area (Å²) in [6.07, 6.45) is 1.57. The van der Waals surface area contributed by atoms with Crippen LogP contribution in [0.25, 0.3) is 0 Å². The molecule has 3 rings (SSSR count). The molecule has 2 amide bonds. The Labute approximate surface area is 130 Å². The van der Waals surface area contributed by atoms with Crippen LogP contribution in [0.1, 0.15) is 23.2 Å². The molecule has 1 saturated heterocycles. The highest BCUT2D eigenvalue weighted by molar-refractivity contribution is 5.94. The van der Waals surface area contributed by atoms with Crippen molar-refractivity contribution in [3.05, 3.63) is 35.9 Å². The van der Waals surface area contributed by atoms with Crippen LogP contribution in [-0.4, -0.2) is 53.3 Å². The van der Waals surface area contributed by atoms with Crippen molar-refractivity contribution in [1.29, 1.82) is 0 Å². The molecule has 0 spiro atoms. The van der Waals surface area contributed by atoms with Crippen molar-refractivity contribution in [2.24, 2.45) is 5.73 Å². The summed E-state index contributed by atoms with van der Waals surface area (Å²) in [4.78, 5) is 28.0. The molecule has 114 valence electrons. The van der Waals surface area contributed by atoms with Crippen LogP contribution in [0.4, 0.5) is 0 Å². The molecule has 1 saturated carbocycles. The minimum absolute atomic E-state index is 0. The Kier molecular flexibility index (Phi) is 4.54. The second-order valence-corrected chi connectivity index (χ2v) is 5.61. The van der Waals surface area contributed by atoms with Gasteiger partial charge in [0.2, 0.25) is 5.91 Å². The van der Waals surface area contributed by atoms with E-state index in [2.05, 4.69) is 0 Å². The molecule has 0 aromatic heterocycles. The van der Waals surface area contributed by atoms with Gasteiger partial charge in [0.05, 0.1) is 5.54 Å². The van der Waals surface area contributed by atoms with Crippen molar-refractivity contribution < 1.29 is 9.59 Å². The van der Waals surface area contributed by atoms with Gasteiger partial charge in [0.25, 0.3) is 5.91 Å². The van der Waals surface area contributed by atoms with Gasteiger partial charge in [-0.05, 0) is 25.0 Å². The number of nitrogens with two attached hydrogens (primary N) is 1. The molecule has 1 aromatic rings. The monoisotopic (exact) mass is 309 g/mol. The van der Waals surface area contributed by atoms with Gasteiger partial charge < -0.3 is 15.5 Å². The lowest BCUT2D eigenvalue weighted by molar-refractivity contribution is -0.135. The van der Waals surface area contributed by atoms with E-state index in [0.29, 0.717) is 31.7 Å². The van der Waals surface area contributed by atoms with Gasteiger partial charge in [0.15, 0.2) is 0 Å². The van der Waals surface area contributed by atoms with E-state index in [9.17, 15) is 9.59 Å². The first-order chi connectivity index (χ1) is 9.60. The fourth-order valence-corrected chi connectivity index (χ4v) is 2.54. The molecule has 2 N–H and O–H groups in total. The molecular formula is C15H20ClN3O2. The first-order valence-corrected chi connectivity index (χ1v) is 7.03. The summed E-state index contributed by atoms with van der Waals surface area (Å²) in [5.74, 6) is 0.0795. The molecule has 1 aliphatic carbocycles. The lowest BCUT2D eigenvalue weighted by atomic mass is 10.1. The Bertz CT molecular complexity index is 523. The fourth-order valence-electron chi connectivity index (χ4n) is 2.54. The van der Waals surface area contributed by atoms with Crippen LogP contribution in [-0.2, 0) is 4.79 Å². The van der Waals surface area contributed by atoms with Crippen LogP contribution in [0.15, 0.2) is 30.3 Å². The number of carbonyl (C=O) groups excluding carboxylic acids is 2. The van der Waals surface area contributed by atoms with Gasteiger partial charge in [-0.1, -0.05) is 18.2 Å². The van der Waals surface area contributed by atoms with Crippen LogP contribution in [0.2, 0.25) is 0 Å². The average molecular weight is 310 g/mol. The van der Waals surface area contributed by atoms with Crippen molar-refractivity contribution in [2.75, 3.05) is 26.2 Å². The van der Waals surface area contributed by atoms with Gasteiger partial charge >= 0.3 is 0 Å². The zero-order chi connectivity index (χ0) is 14.2. The predicted octanol–water partition coefficient (Wildman–Crippen LogP) is 0.884. The van der Waals surface area contributed by atoms with Gasteiger partial charge in [-0.15, -0.1) is 12.4 Å². The SMILES string of the molecule is Cl.NC1(C(=O)N2CCN(C(=O)c3ccccc3)CC2)CC1. The lowest BCUT2D eigenvalue weighted by Crippen LogP contribution is -2.55. The normalized spacial score (nSPS) is 19.7. The van der Waals surface area contributed by atoms with Crippen LogP contribution in [0.5, 0.6) is 0 Å². The van der Waals surface area contributed by atoms with Crippen molar-refractivity contribution in [1.82, 2.24) is 9.80 Å². The summed E-state index contributed by atoms with van der Waals surface area (Å²) >= 11 is 0. The summed E-state index contributed by atoms with van der Waals surface area (Å²) in [6, 6.07) is 9.25. The minimum Gasteiger partial charge on any atom is -0.338 e. The molecule has 5 nitrogen and oxygen atoms in total. The molecule has 1 aromatic carbocycles. The maximum absolute atomic E-state index is 12.3. The van der Waals surface area contributed by atoms with Crippen molar-refractivity contribution in [3.63, 3.8) is 0 Å². The number of amides is 2. The molecule has 0 atom stereocenters. The molecule has 0 bridgehead atoms. The van der Waals surface area contributed by atoms with Crippen LogP contribution in [0.3, 0.4) is 0 Å². The molecule has 0 radical (unpaired) electrons. The summed E-state index contributed by atoms with van der Waals surface area (Å²) < 4.78 is 0. The van der Waals surface area contributed by atoms with E-state index in [0.717, 1.165) is 12.8 Å². The number of carbonyl (C=O) groups is 2. The standard InChI is InChI=1S/C15H19N3O2.ClH/c16-15(6-7-15)14(20)18-10-8-17(9-11-18)13(19)12-4-2-1-3-5-12;/h1-5H,6-11,16H2;1H. The molecule has 6 heteroatoms. The van der Waals surface area contributed by atoms with E-state index in [1.54, 1.807) is 9.80 Å². The number of hydrogen-bond acceptors (Lipinski definition) is 3. The largest absolute Gasteiger partial charge is 0.338 e. The van der Waals surface area contributed by atoms with Gasteiger partial charge in [-0.3, -0.25) is 9.59 Å². The zero-order valence-corrected chi connectivity index (χ0v) is 12.6. The van der Waals surface area contributed by atoms with E-state index in [1.165, 1.54) is 0 Å². The molecule has 0 unspecified atom stereocenters. The third kappa shape index (κ3) is 3.19. The fraction of sp³-hybridized carbons (Fsp3) is 0.467. The molecule has 2 aliphatic rings. The minimum atomic E-state index is -0.606. The maximum Gasteiger partial charge on any atom is 0.253 e. The Morgan fingerprint density at radius 1 is 0.952 bits per heavy atom. The first kappa shape index (κ1) is 15.8. The van der Waals surface area contributed by atoms with Crippen molar-refractivity contribution >= 4 is 24.2 Å². The average Bonchev–Trinajstić information content (AvgIpc) is 3.26. The van der Waals surface area contributed by atoms with Crippen LogP contribution < -0.4 is 5.73 Å². The number of benzene rings is 1. The van der Waals surface area contributed by atoms with Crippen molar-refractivity contribution in [2.45, 2.75) is 18.4 Å². The number of halogens is 1. The van der Waals surface area contributed by atoms with E-state index < -0.39 is 5.54 Å². The van der Waals surface area contributed by atoms with Crippen LogP contribution in [0, 0.1) is 0 Å². The van der Waals surface area contributed by atoms with Gasteiger partial charge in [0.1, 0.15) is 0 Å². The Morgan fingerprint density at radius 2 is 1.48 bits per heavy atom. The second-order valence-electron chi connectivity index (χ2n) is 5.61. The molecule has 2 fully saturated rings. The highest BCUT2D eigenvalue weighted by Crippen LogP contribution is 2.34. The predicted molar refractivity (Wildman–Crippen MR) is 82.3 cm³/mol. The number of piperazine rings is 1. The molecule has 1 heterocycles. The smallest absolute Gasteiger partial charge is 0.253 e. The second kappa shape index (κ2) is 6.03. The van der Waals surface area contributed by atoms with E-state index in [1.807, 2.05) is 30.3 Å². The lowest BCUT2D eigenvalue weighted by Gasteiger charge is -2.36. The van der Waals surface area contributed by atoms with Crippen LogP contribution >= 0.6 is 12.4 Å². The Hall–Kier alpha value is -1.59. The summed E-state index contributed by atoms with van der Waals surface area (Å²) in [6.45, 7) is 2.32. The Balaban J connectivity index is 0.00000161. The highest BCUT2D eigenvalue weighted by atomic mass is 35.5. The topological polar surface area (TPSA) is 66.6 Å². The number of nitrogens with zero attached hydrogens (tertiary/aromatic N) is 2. The number of hydrogen-bond donors (Lipinski definition) is 1. The molecular weight excluding hydrogens is 290 g/mol. The quantitative estimate of drug-likeness (QED) is 0.882. The van der Waals surface area contributed by atoms with Gasteiger partial charge in [-0.25, -0.2) is 0 Å². The third-order valence-corrected chi connectivity index (χ3v) is 4.09.